The third-order valence-electron chi connectivity index (χ3n) is 5.52. The Labute approximate surface area is 175 Å². The van der Waals surface area contributed by atoms with Crippen molar-refractivity contribution < 1.29 is 4.74 Å². The number of rotatable bonds is 7. The minimum absolute atomic E-state index is 0.0198. The predicted molar refractivity (Wildman–Crippen MR) is 117 cm³/mol. The summed E-state index contributed by atoms with van der Waals surface area (Å²) in [6, 6.07) is 5.90. The molecule has 0 amide bonds. The highest BCUT2D eigenvalue weighted by Gasteiger charge is 2.27. The molecule has 2 heterocycles. The van der Waals surface area contributed by atoms with Crippen molar-refractivity contribution in [2.24, 2.45) is 0 Å². The highest BCUT2D eigenvalue weighted by molar-refractivity contribution is 9.10. The fourth-order valence-electron chi connectivity index (χ4n) is 3.99. The normalized spacial score (nSPS) is 17.7. The van der Waals surface area contributed by atoms with Crippen molar-refractivity contribution in [2.75, 3.05) is 46.9 Å². The molecule has 0 spiro atoms. The average Bonchev–Trinajstić information content (AvgIpc) is 2.90. The van der Waals surface area contributed by atoms with Gasteiger partial charge in [0.05, 0.1) is 30.1 Å². The van der Waals surface area contributed by atoms with Gasteiger partial charge in [-0.3, -0.25) is 14.3 Å². The van der Waals surface area contributed by atoms with Crippen LogP contribution in [0, 0.1) is 0 Å². The number of fused-ring (bicyclic) bond motifs is 1. The number of hydrogen-bond donors (Lipinski definition) is 0. The Hall–Kier alpha value is -1.28. The zero-order chi connectivity index (χ0) is 20.1. The Bertz CT molecular complexity index is 854. The molecule has 154 valence electrons. The molecule has 2 aromatic rings. The van der Waals surface area contributed by atoms with Gasteiger partial charge in [0.1, 0.15) is 5.82 Å². The first kappa shape index (κ1) is 21.4. The largest absolute Gasteiger partial charge is 0.383 e. The summed E-state index contributed by atoms with van der Waals surface area (Å²) in [5.41, 5.74) is 0.788. The minimum atomic E-state index is 0.0198. The van der Waals surface area contributed by atoms with E-state index in [9.17, 15) is 4.79 Å². The monoisotopic (exact) mass is 450 g/mol. The molecule has 3 rings (SSSR count). The Kier molecular flexibility index (Phi) is 7.62. The van der Waals surface area contributed by atoms with E-state index in [1.807, 2.05) is 22.8 Å². The van der Waals surface area contributed by atoms with Crippen LogP contribution in [0.4, 0.5) is 0 Å². The lowest BCUT2D eigenvalue weighted by Gasteiger charge is -2.31. The van der Waals surface area contributed by atoms with Gasteiger partial charge in [-0.25, -0.2) is 4.98 Å². The van der Waals surface area contributed by atoms with Gasteiger partial charge in [0.25, 0.3) is 5.56 Å². The van der Waals surface area contributed by atoms with Crippen LogP contribution in [0.1, 0.15) is 38.1 Å². The van der Waals surface area contributed by atoms with Crippen LogP contribution in [0.2, 0.25) is 0 Å². The van der Waals surface area contributed by atoms with Crippen LogP contribution in [0.3, 0.4) is 0 Å². The summed E-state index contributed by atoms with van der Waals surface area (Å²) >= 11 is 3.48. The maximum absolute atomic E-state index is 13.3. The van der Waals surface area contributed by atoms with E-state index in [-0.39, 0.29) is 11.6 Å². The van der Waals surface area contributed by atoms with Crippen LogP contribution >= 0.6 is 15.9 Å². The zero-order valence-corrected chi connectivity index (χ0v) is 18.7. The van der Waals surface area contributed by atoms with Crippen molar-refractivity contribution in [1.82, 2.24) is 19.4 Å². The Morgan fingerprint density at radius 3 is 2.82 bits per heavy atom. The van der Waals surface area contributed by atoms with Crippen LogP contribution in [0.25, 0.3) is 10.9 Å². The van der Waals surface area contributed by atoms with Gasteiger partial charge in [0, 0.05) is 31.2 Å². The lowest BCUT2D eigenvalue weighted by atomic mass is 10.1. The second kappa shape index (κ2) is 9.96. The van der Waals surface area contributed by atoms with Crippen molar-refractivity contribution >= 4 is 26.8 Å². The fraction of sp³-hybridized carbons (Fsp3) is 0.619. The second-order valence-electron chi connectivity index (χ2n) is 7.58. The van der Waals surface area contributed by atoms with Gasteiger partial charge in [-0.1, -0.05) is 29.3 Å². The molecule has 6 nitrogen and oxygen atoms in total. The molecule has 0 bridgehead atoms. The number of hydrogen-bond acceptors (Lipinski definition) is 5. The highest BCUT2D eigenvalue weighted by atomic mass is 79.9. The fourth-order valence-corrected chi connectivity index (χ4v) is 4.35. The zero-order valence-electron chi connectivity index (χ0n) is 17.2. The van der Waals surface area contributed by atoms with Crippen molar-refractivity contribution in [1.29, 1.82) is 0 Å². The topological polar surface area (TPSA) is 50.6 Å². The van der Waals surface area contributed by atoms with E-state index in [0.29, 0.717) is 18.5 Å². The Morgan fingerprint density at radius 2 is 2.07 bits per heavy atom. The molecule has 1 saturated heterocycles. The summed E-state index contributed by atoms with van der Waals surface area (Å²) in [5.74, 6) is 0.878. The average molecular weight is 451 g/mol. The number of benzene rings is 1. The molecule has 1 aromatic carbocycles. The summed E-state index contributed by atoms with van der Waals surface area (Å²) in [6.45, 7) is 7.41. The molecule has 7 heteroatoms. The number of aromatic nitrogens is 2. The molecule has 0 radical (unpaired) electrons. The lowest BCUT2D eigenvalue weighted by molar-refractivity contribution is 0.164. The van der Waals surface area contributed by atoms with Crippen LogP contribution in [-0.4, -0.2) is 66.3 Å². The van der Waals surface area contributed by atoms with Gasteiger partial charge >= 0.3 is 0 Å². The molecule has 0 N–H and O–H groups in total. The second-order valence-corrected chi connectivity index (χ2v) is 8.49. The summed E-state index contributed by atoms with van der Waals surface area (Å²) in [6.07, 6.45) is 3.18. The van der Waals surface area contributed by atoms with Crippen molar-refractivity contribution in [3.8, 4) is 0 Å². The standard InChI is InChI=1S/C21H31BrN4O2/c1-4-6-19(25-10-5-9-24(2)11-12-25)20-23-18-8-7-16(22)15-17(18)21(27)26(20)13-14-28-3/h7-8,15,19H,4-6,9-14H2,1-3H3. The van der Waals surface area contributed by atoms with Crippen molar-refractivity contribution in [3.05, 3.63) is 38.9 Å². The SMILES string of the molecule is CCCC(c1nc2ccc(Br)cc2c(=O)n1CCOC)N1CCCN(C)CC1. The molecule has 1 aromatic heterocycles. The van der Waals surface area contributed by atoms with E-state index < -0.39 is 0 Å². The van der Waals surface area contributed by atoms with Crippen LogP contribution in [0.15, 0.2) is 27.5 Å². The quantitative estimate of drug-likeness (QED) is 0.647. The molecule has 1 atom stereocenters. The van der Waals surface area contributed by atoms with Crippen molar-refractivity contribution in [3.63, 3.8) is 0 Å². The highest BCUT2D eigenvalue weighted by Crippen LogP contribution is 2.27. The first-order valence-corrected chi connectivity index (χ1v) is 11.0. The summed E-state index contributed by atoms with van der Waals surface area (Å²) in [7, 11) is 3.85. The molecular formula is C21H31BrN4O2. The number of nitrogens with zero attached hydrogens (tertiary/aromatic N) is 4. The van der Waals surface area contributed by atoms with E-state index in [2.05, 4.69) is 39.7 Å². The molecule has 1 aliphatic heterocycles. The van der Waals surface area contributed by atoms with Gasteiger partial charge in [-0.15, -0.1) is 0 Å². The number of likely N-dealkylation sites (N-methyl/N-ethyl adjacent to an activating group) is 1. The van der Waals surface area contributed by atoms with Gasteiger partial charge in [0.2, 0.25) is 0 Å². The molecule has 28 heavy (non-hydrogen) atoms. The third kappa shape index (κ3) is 4.82. The summed E-state index contributed by atoms with van der Waals surface area (Å²) in [5, 5.41) is 0.653. The van der Waals surface area contributed by atoms with Crippen molar-refractivity contribution in [2.45, 2.75) is 38.8 Å². The number of halogens is 1. The van der Waals surface area contributed by atoms with Crippen LogP contribution < -0.4 is 5.56 Å². The van der Waals surface area contributed by atoms with E-state index >= 15 is 0 Å². The van der Waals surface area contributed by atoms with Gasteiger partial charge in [-0.05, 0) is 44.6 Å². The summed E-state index contributed by atoms with van der Waals surface area (Å²) < 4.78 is 8.03. The molecular weight excluding hydrogens is 420 g/mol. The maximum Gasteiger partial charge on any atom is 0.261 e. The lowest BCUT2D eigenvalue weighted by Crippen LogP contribution is -2.38. The van der Waals surface area contributed by atoms with Gasteiger partial charge in [0.15, 0.2) is 0 Å². The Balaban J connectivity index is 2.10. The first-order chi connectivity index (χ1) is 13.5. The van der Waals surface area contributed by atoms with Crippen LogP contribution in [0.5, 0.6) is 0 Å². The van der Waals surface area contributed by atoms with E-state index in [0.717, 1.165) is 61.3 Å². The molecule has 1 fully saturated rings. The third-order valence-corrected chi connectivity index (χ3v) is 6.01. The van der Waals surface area contributed by atoms with E-state index in [1.54, 1.807) is 7.11 Å². The predicted octanol–water partition coefficient (Wildman–Crippen LogP) is 3.28. The molecule has 1 unspecified atom stereocenters. The number of methoxy groups -OCH3 is 1. The van der Waals surface area contributed by atoms with E-state index in [4.69, 9.17) is 9.72 Å². The molecule has 1 aliphatic rings. The van der Waals surface area contributed by atoms with E-state index in [1.165, 1.54) is 0 Å². The van der Waals surface area contributed by atoms with Gasteiger partial charge < -0.3 is 9.64 Å². The Morgan fingerprint density at radius 1 is 1.25 bits per heavy atom. The molecule has 0 saturated carbocycles. The first-order valence-electron chi connectivity index (χ1n) is 10.2. The minimum Gasteiger partial charge on any atom is -0.383 e. The smallest absolute Gasteiger partial charge is 0.261 e. The van der Waals surface area contributed by atoms with Gasteiger partial charge in [-0.2, -0.15) is 0 Å². The molecule has 0 aliphatic carbocycles. The maximum atomic E-state index is 13.3. The number of ether oxygens (including phenoxy) is 1. The van der Waals surface area contributed by atoms with Crippen LogP contribution in [-0.2, 0) is 11.3 Å². The summed E-state index contributed by atoms with van der Waals surface area (Å²) in [4.78, 5) is 23.2.